The predicted octanol–water partition coefficient (Wildman–Crippen LogP) is 3.18. The van der Waals surface area contributed by atoms with Crippen molar-refractivity contribution in [1.29, 1.82) is 0 Å². The monoisotopic (exact) mass is 420 g/mol. The summed E-state index contributed by atoms with van der Waals surface area (Å²) in [7, 11) is 0. The summed E-state index contributed by atoms with van der Waals surface area (Å²) >= 11 is 0. The lowest BCUT2D eigenvalue weighted by Crippen LogP contribution is -2.48. The number of hydrogen-bond acceptors (Lipinski definition) is 4. The van der Waals surface area contributed by atoms with E-state index >= 15 is 0 Å². The molecule has 0 radical (unpaired) electrons. The zero-order valence-electron chi connectivity index (χ0n) is 18.0. The fourth-order valence-electron chi connectivity index (χ4n) is 4.25. The number of hydrogen-bond donors (Lipinski definition) is 1. The first kappa shape index (κ1) is 21.1. The molecular formula is C24H28N4O3. The van der Waals surface area contributed by atoms with E-state index < -0.39 is 0 Å². The second kappa shape index (κ2) is 8.89. The molecule has 31 heavy (non-hydrogen) atoms. The van der Waals surface area contributed by atoms with E-state index in [4.69, 9.17) is 0 Å². The largest absolute Gasteiger partial charge is 0.332 e. The third kappa shape index (κ3) is 4.61. The Bertz CT molecular complexity index is 984. The lowest BCUT2D eigenvalue weighted by molar-refractivity contribution is -0.117. The Hall–Kier alpha value is -3.19. The standard InChI is InChI=1S/C24H28N4O3/c1-17-8-9-19(14-18(17)2)25-22(29)15-26-12-10-20(11-13-26)27-16-23(30)28(24(27)31)21-6-4-3-5-7-21/h3-9,14,20H,10-13,15-16H2,1-2H3,(H,25,29). The lowest BCUT2D eigenvalue weighted by atomic mass is 10.0. The minimum Gasteiger partial charge on any atom is -0.325 e. The first-order chi connectivity index (χ1) is 14.9. The number of carbonyl (C=O) groups excluding carboxylic acids is 3. The van der Waals surface area contributed by atoms with Crippen LogP contribution in [0.25, 0.3) is 0 Å². The molecule has 4 rings (SSSR count). The van der Waals surface area contributed by atoms with E-state index in [2.05, 4.69) is 10.2 Å². The summed E-state index contributed by atoms with van der Waals surface area (Å²) in [5.41, 5.74) is 3.76. The molecule has 0 atom stereocenters. The average Bonchev–Trinajstić information content (AvgIpc) is 3.06. The van der Waals surface area contributed by atoms with E-state index in [1.54, 1.807) is 17.0 Å². The van der Waals surface area contributed by atoms with Gasteiger partial charge in [-0.05, 0) is 62.1 Å². The average molecular weight is 421 g/mol. The number of carbonyl (C=O) groups is 3. The van der Waals surface area contributed by atoms with E-state index in [-0.39, 0.29) is 30.4 Å². The Morgan fingerprint density at radius 1 is 1.00 bits per heavy atom. The van der Waals surface area contributed by atoms with Gasteiger partial charge in [-0.1, -0.05) is 24.3 Å². The highest BCUT2D eigenvalue weighted by Gasteiger charge is 2.41. The quantitative estimate of drug-likeness (QED) is 0.754. The van der Waals surface area contributed by atoms with Gasteiger partial charge in [-0.2, -0.15) is 0 Å². The number of imide groups is 1. The van der Waals surface area contributed by atoms with Gasteiger partial charge < -0.3 is 10.2 Å². The maximum absolute atomic E-state index is 12.9. The highest BCUT2D eigenvalue weighted by atomic mass is 16.2. The van der Waals surface area contributed by atoms with Crippen LogP contribution in [0.2, 0.25) is 0 Å². The van der Waals surface area contributed by atoms with Crippen LogP contribution in [-0.4, -0.2) is 59.9 Å². The summed E-state index contributed by atoms with van der Waals surface area (Å²) in [5, 5.41) is 2.96. The van der Waals surface area contributed by atoms with Crippen LogP contribution >= 0.6 is 0 Å². The molecule has 0 unspecified atom stereocenters. The van der Waals surface area contributed by atoms with E-state index in [9.17, 15) is 14.4 Å². The van der Waals surface area contributed by atoms with Crippen LogP contribution < -0.4 is 10.2 Å². The zero-order valence-corrected chi connectivity index (χ0v) is 18.0. The van der Waals surface area contributed by atoms with Crippen molar-refractivity contribution in [1.82, 2.24) is 9.80 Å². The minimum atomic E-state index is -0.248. The zero-order chi connectivity index (χ0) is 22.0. The second-order valence-corrected chi connectivity index (χ2v) is 8.33. The fraction of sp³-hybridized carbons (Fsp3) is 0.375. The molecule has 162 valence electrons. The lowest BCUT2D eigenvalue weighted by Gasteiger charge is -2.35. The molecule has 0 aromatic heterocycles. The van der Waals surface area contributed by atoms with E-state index in [0.29, 0.717) is 25.3 Å². The summed E-state index contributed by atoms with van der Waals surface area (Å²) in [5.74, 6) is -0.226. The number of amides is 4. The van der Waals surface area contributed by atoms with Gasteiger partial charge in [-0.15, -0.1) is 0 Å². The Kier molecular flexibility index (Phi) is 6.04. The van der Waals surface area contributed by atoms with E-state index in [0.717, 1.165) is 24.1 Å². The molecule has 0 spiro atoms. The topological polar surface area (TPSA) is 73.0 Å². The van der Waals surface area contributed by atoms with Crippen LogP contribution in [0.1, 0.15) is 24.0 Å². The van der Waals surface area contributed by atoms with Crippen LogP contribution in [0.5, 0.6) is 0 Å². The van der Waals surface area contributed by atoms with Gasteiger partial charge in [0, 0.05) is 24.8 Å². The van der Waals surface area contributed by atoms with Crippen molar-refractivity contribution in [2.45, 2.75) is 32.7 Å². The summed E-state index contributed by atoms with van der Waals surface area (Å²) < 4.78 is 0. The molecule has 7 heteroatoms. The number of piperidine rings is 1. The minimum absolute atomic E-state index is 0.0178. The SMILES string of the molecule is Cc1ccc(NC(=O)CN2CCC(N3CC(=O)N(c4ccccc4)C3=O)CC2)cc1C. The van der Waals surface area contributed by atoms with Crippen molar-refractivity contribution < 1.29 is 14.4 Å². The van der Waals surface area contributed by atoms with Gasteiger partial charge in [-0.25, -0.2) is 9.69 Å². The molecule has 2 aromatic rings. The molecule has 0 saturated carbocycles. The molecule has 4 amide bonds. The Morgan fingerprint density at radius 2 is 1.71 bits per heavy atom. The maximum atomic E-state index is 12.9. The molecule has 2 saturated heterocycles. The normalized spacial score (nSPS) is 18.0. The summed E-state index contributed by atoms with van der Waals surface area (Å²) in [6.45, 7) is 5.94. The molecular weight excluding hydrogens is 392 g/mol. The number of benzene rings is 2. The van der Waals surface area contributed by atoms with E-state index in [1.165, 1.54) is 10.5 Å². The smallest absolute Gasteiger partial charge is 0.325 e. The van der Waals surface area contributed by atoms with Gasteiger partial charge >= 0.3 is 6.03 Å². The van der Waals surface area contributed by atoms with Gasteiger partial charge in [0.05, 0.1) is 12.2 Å². The van der Waals surface area contributed by atoms with Crippen LogP contribution in [0.4, 0.5) is 16.2 Å². The Labute approximate surface area is 182 Å². The number of rotatable bonds is 5. The molecule has 1 N–H and O–H groups in total. The third-order valence-corrected chi connectivity index (χ3v) is 6.16. The molecule has 2 aliphatic heterocycles. The predicted molar refractivity (Wildman–Crippen MR) is 120 cm³/mol. The Balaban J connectivity index is 1.29. The van der Waals surface area contributed by atoms with Crippen LogP contribution in [0.15, 0.2) is 48.5 Å². The third-order valence-electron chi connectivity index (χ3n) is 6.16. The molecule has 2 aliphatic rings. The van der Waals surface area contributed by atoms with Crippen LogP contribution in [0.3, 0.4) is 0 Å². The van der Waals surface area contributed by atoms with Gasteiger partial charge in [0.1, 0.15) is 6.54 Å². The molecule has 0 aliphatic carbocycles. The van der Waals surface area contributed by atoms with Crippen molar-refractivity contribution in [2.75, 3.05) is 36.4 Å². The molecule has 2 fully saturated rings. The second-order valence-electron chi connectivity index (χ2n) is 8.33. The van der Waals surface area contributed by atoms with Crippen molar-refractivity contribution in [3.8, 4) is 0 Å². The number of aryl methyl sites for hydroxylation is 2. The first-order valence-corrected chi connectivity index (χ1v) is 10.7. The van der Waals surface area contributed by atoms with Crippen molar-refractivity contribution in [3.05, 3.63) is 59.7 Å². The highest BCUT2D eigenvalue weighted by Crippen LogP contribution is 2.26. The van der Waals surface area contributed by atoms with E-state index in [1.807, 2.05) is 50.2 Å². The van der Waals surface area contributed by atoms with Crippen molar-refractivity contribution >= 4 is 29.2 Å². The Morgan fingerprint density at radius 3 is 2.39 bits per heavy atom. The number of urea groups is 1. The maximum Gasteiger partial charge on any atom is 0.332 e. The number of nitrogens with one attached hydrogen (secondary N) is 1. The number of anilines is 2. The van der Waals surface area contributed by atoms with Crippen molar-refractivity contribution in [3.63, 3.8) is 0 Å². The van der Waals surface area contributed by atoms with Crippen LogP contribution in [-0.2, 0) is 9.59 Å². The molecule has 7 nitrogen and oxygen atoms in total. The summed E-state index contributed by atoms with van der Waals surface area (Å²) in [4.78, 5) is 42.8. The van der Waals surface area contributed by atoms with Crippen molar-refractivity contribution in [2.24, 2.45) is 0 Å². The molecule has 0 bridgehead atoms. The van der Waals surface area contributed by atoms with Gasteiger partial charge in [-0.3, -0.25) is 14.5 Å². The first-order valence-electron chi connectivity index (χ1n) is 10.7. The van der Waals surface area contributed by atoms with Gasteiger partial charge in [0.25, 0.3) is 5.91 Å². The molecule has 2 heterocycles. The van der Waals surface area contributed by atoms with Crippen LogP contribution in [0, 0.1) is 13.8 Å². The van der Waals surface area contributed by atoms with Gasteiger partial charge in [0.15, 0.2) is 0 Å². The number of nitrogens with zero attached hydrogens (tertiary/aromatic N) is 3. The summed E-state index contributed by atoms with van der Waals surface area (Å²) in [6, 6.07) is 14.7. The molecule has 2 aromatic carbocycles. The summed E-state index contributed by atoms with van der Waals surface area (Å²) in [6.07, 6.45) is 1.50. The highest BCUT2D eigenvalue weighted by molar-refractivity contribution is 6.19. The fourth-order valence-corrected chi connectivity index (χ4v) is 4.25. The number of likely N-dealkylation sites (tertiary alicyclic amines) is 1. The van der Waals surface area contributed by atoms with Gasteiger partial charge in [0.2, 0.25) is 5.91 Å². The number of para-hydroxylation sites is 1.